The number of hydrogen-bond acceptors (Lipinski definition) is 2. The van der Waals surface area contributed by atoms with Crippen LogP contribution in [0.2, 0.25) is 0 Å². The molecule has 2 heterocycles. The Morgan fingerprint density at radius 2 is 1.70 bits per heavy atom. The summed E-state index contributed by atoms with van der Waals surface area (Å²) < 4.78 is 9.73. The zero-order valence-electron chi connectivity index (χ0n) is 10.5. The van der Waals surface area contributed by atoms with Crippen LogP contribution in [0.5, 0.6) is 0 Å². The van der Waals surface area contributed by atoms with E-state index in [1.807, 2.05) is 24.3 Å². The van der Waals surface area contributed by atoms with Gasteiger partial charge >= 0.3 is 144 Å². The Hall–Kier alpha value is -0.0121. The van der Waals surface area contributed by atoms with E-state index in [-0.39, 0.29) is 5.97 Å². The van der Waals surface area contributed by atoms with Crippen molar-refractivity contribution in [2.24, 2.45) is 0 Å². The van der Waals surface area contributed by atoms with Crippen molar-refractivity contribution in [3.8, 4) is 0 Å². The number of carbonyl (C=O) groups excluding carboxylic acids is 1. The summed E-state index contributed by atoms with van der Waals surface area (Å²) in [7, 11) is 1.42. The van der Waals surface area contributed by atoms with Crippen molar-refractivity contribution in [1.29, 1.82) is 0 Å². The summed E-state index contributed by atoms with van der Waals surface area (Å²) in [5.41, 5.74) is 1.89. The number of rotatable bonds is 2. The van der Waals surface area contributed by atoms with Gasteiger partial charge in [0.15, 0.2) is 0 Å². The van der Waals surface area contributed by atoms with Gasteiger partial charge in [0.1, 0.15) is 0 Å². The van der Waals surface area contributed by atoms with E-state index in [1.54, 1.807) is 6.74 Å². The molecule has 2 aliphatic rings. The number of carbonyl (C=O) groups is 1. The second kappa shape index (κ2) is 6.83. The van der Waals surface area contributed by atoms with Crippen LogP contribution < -0.4 is 0 Å². The van der Waals surface area contributed by atoms with Crippen molar-refractivity contribution in [3.05, 3.63) is 57.1 Å². The summed E-state index contributed by atoms with van der Waals surface area (Å²) >= 11 is 2.33. The van der Waals surface area contributed by atoms with Crippen LogP contribution in [0.25, 0.3) is 4.47 Å². The van der Waals surface area contributed by atoms with E-state index < -0.39 is 0 Å². The molecule has 2 aliphatic heterocycles. The molecule has 0 radical (unpaired) electrons. The predicted octanol–water partition coefficient (Wildman–Crippen LogP) is 1.21. The van der Waals surface area contributed by atoms with Gasteiger partial charge in [-0.1, -0.05) is 0 Å². The third kappa shape index (κ3) is 3.25. The van der Waals surface area contributed by atoms with Crippen molar-refractivity contribution in [2.45, 2.75) is 0 Å². The van der Waals surface area contributed by atoms with E-state index in [1.165, 1.54) is 17.1 Å². The van der Waals surface area contributed by atoms with Crippen LogP contribution in [0.3, 0.4) is 0 Å². The fourth-order valence-electron chi connectivity index (χ4n) is 1.66. The summed E-state index contributed by atoms with van der Waals surface area (Å²) in [5.74, 6) is -0.267. The number of esters is 1. The molecule has 102 valence electrons. The van der Waals surface area contributed by atoms with Crippen LogP contribution in [0.4, 0.5) is 0 Å². The van der Waals surface area contributed by atoms with Crippen LogP contribution in [-0.4, -0.2) is 72.9 Å². The summed E-state index contributed by atoms with van der Waals surface area (Å²) in [6.07, 6.45) is 0. The normalized spacial score (nSPS) is 17.6. The average Bonchev–Trinajstić information content (AvgIpc) is 3.17. The first-order chi connectivity index (χ1) is 9.78. The second-order valence-corrected chi connectivity index (χ2v) is 14.4. The molecule has 0 aliphatic carbocycles. The number of hydrogen-bond donors (Lipinski definition) is 0. The molecule has 0 spiro atoms. The van der Waals surface area contributed by atoms with Gasteiger partial charge < -0.3 is 0 Å². The van der Waals surface area contributed by atoms with Crippen molar-refractivity contribution in [2.75, 3.05) is 7.11 Å². The molecule has 0 amide bonds. The first kappa shape index (κ1) is 14.9. The van der Waals surface area contributed by atoms with Crippen LogP contribution in [-0.2, 0) is 4.74 Å². The Morgan fingerprint density at radius 3 is 2.35 bits per heavy atom. The van der Waals surface area contributed by atoms with Gasteiger partial charge in [-0.3, -0.25) is 0 Å². The molecule has 0 N–H and O–H groups in total. The molecule has 0 atom stereocenters. The minimum atomic E-state index is -0.267. The van der Waals surface area contributed by atoms with Gasteiger partial charge in [0.05, 0.1) is 0 Å². The number of benzene rings is 1. The van der Waals surface area contributed by atoms with Crippen LogP contribution >= 0.6 is 0 Å². The molecule has 1 aromatic carbocycles. The van der Waals surface area contributed by atoms with E-state index in [0.717, 1.165) is 0 Å². The standard InChI is InChI=1S/C14H10O2Se4/c1-16-12(15)10-4-2-9(3-5-10)11-8-19-14(20-11)13-17-6-7-18-13/h2-8H,1H3. The molecule has 6 heteroatoms. The fraction of sp³-hybridized carbons (Fsp3) is 0.0714. The van der Waals surface area contributed by atoms with Crippen molar-refractivity contribution in [3.63, 3.8) is 0 Å². The maximum absolute atomic E-state index is 11.4. The third-order valence-corrected chi connectivity index (χ3v) is 17.5. The molecule has 0 fully saturated rings. The molecule has 0 saturated heterocycles. The minimum absolute atomic E-state index is 0.267. The molecule has 0 saturated carbocycles. The Labute approximate surface area is 143 Å². The maximum atomic E-state index is 11.4. The predicted molar refractivity (Wildman–Crippen MR) is 84.9 cm³/mol. The fourth-order valence-corrected chi connectivity index (χ4v) is 15.4. The molecular formula is C14H10O2Se4. The number of methoxy groups -OCH3 is 1. The van der Waals surface area contributed by atoms with Crippen LogP contribution in [0.1, 0.15) is 15.9 Å². The average molecular weight is 526 g/mol. The molecule has 0 aromatic heterocycles. The number of ether oxygens (including phenoxy) is 1. The van der Waals surface area contributed by atoms with E-state index in [9.17, 15) is 4.79 Å². The summed E-state index contributed by atoms with van der Waals surface area (Å²) in [4.78, 5) is 18.6. The van der Waals surface area contributed by atoms with Gasteiger partial charge in [-0.05, 0) is 0 Å². The van der Waals surface area contributed by atoms with Crippen molar-refractivity contribution < 1.29 is 9.53 Å². The Morgan fingerprint density at radius 1 is 1.00 bits per heavy atom. The molecule has 3 rings (SSSR count). The van der Waals surface area contributed by atoms with Crippen molar-refractivity contribution >= 4 is 70.3 Å². The zero-order chi connectivity index (χ0) is 13.9. The molecule has 20 heavy (non-hydrogen) atoms. The molecular weight excluding hydrogens is 516 g/mol. The topological polar surface area (TPSA) is 26.3 Å². The Balaban J connectivity index is 1.75. The van der Waals surface area contributed by atoms with E-state index in [2.05, 4.69) is 14.9 Å². The van der Waals surface area contributed by atoms with Gasteiger partial charge in [-0.2, -0.15) is 0 Å². The van der Waals surface area contributed by atoms with E-state index >= 15 is 0 Å². The summed E-state index contributed by atoms with van der Waals surface area (Å²) in [5, 5.41) is 0. The molecule has 2 nitrogen and oxygen atoms in total. The molecule has 0 bridgehead atoms. The Bertz CT molecular complexity index is 619. The van der Waals surface area contributed by atoms with Crippen LogP contribution in [0, 0.1) is 0 Å². The third-order valence-electron chi connectivity index (χ3n) is 2.64. The van der Waals surface area contributed by atoms with Crippen LogP contribution in [0.15, 0.2) is 45.9 Å². The van der Waals surface area contributed by atoms with E-state index in [0.29, 0.717) is 65.4 Å². The van der Waals surface area contributed by atoms with E-state index in [4.69, 9.17) is 4.74 Å². The molecule has 0 unspecified atom stereocenters. The first-order valence-corrected chi connectivity index (χ1v) is 13.0. The van der Waals surface area contributed by atoms with Gasteiger partial charge in [-0.15, -0.1) is 0 Å². The van der Waals surface area contributed by atoms with Gasteiger partial charge in [-0.25, -0.2) is 0 Å². The van der Waals surface area contributed by atoms with Gasteiger partial charge in [0, 0.05) is 0 Å². The summed E-state index contributed by atoms with van der Waals surface area (Å²) in [6.45, 7) is 0. The zero-order valence-corrected chi connectivity index (χ0v) is 17.3. The summed E-state index contributed by atoms with van der Waals surface area (Å²) in [6, 6.07) is 7.82. The quantitative estimate of drug-likeness (QED) is 0.429. The monoisotopic (exact) mass is 530 g/mol. The van der Waals surface area contributed by atoms with Gasteiger partial charge in [0.2, 0.25) is 0 Å². The van der Waals surface area contributed by atoms with Gasteiger partial charge in [0.25, 0.3) is 0 Å². The second-order valence-electron chi connectivity index (χ2n) is 3.85. The SMILES string of the molecule is COC(=O)c1ccc(C2=C[Se]C(=C3[Se]C=C[Se]3)[Se]2)cc1. The molecule has 1 aromatic rings. The Kier molecular flexibility index (Phi) is 5.09. The first-order valence-electron chi connectivity index (χ1n) is 5.74. The van der Waals surface area contributed by atoms with Crippen molar-refractivity contribution in [1.82, 2.24) is 0 Å².